The van der Waals surface area contributed by atoms with Gasteiger partial charge < -0.3 is 15.2 Å². The molecule has 1 aromatic carbocycles. The van der Waals surface area contributed by atoms with Crippen LogP contribution in [0.2, 0.25) is 0 Å². The Labute approximate surface area is 132 Å². The minimum absolute atomic E-state index is 0.0498. The van der Waals surface area contributed by atoms with E-state index in [0.717, 1.165) is 31.2 Å². The normalized spacial score (nSPS) is 19.1. The first-order chi connectivity index (χ1) is 10.5. The Hall–Kier alpha value is -1.39. The summed E-state index contributed by atoms with van der Waals surface area (Å²) in [7, 11) is 1.45. The quantitative estimate of drug-likeness (QED) is 0.761. The van der Waals surface area contributed by atoms with E-state index in [2.05, 4.69) is 12.2 Å². The van der Waals surface area contributed by atoms with Crippen molar-refractivity contribution in [3.05, 3.63) is 35.4 Å². The molecule has 0 saturated heterocycles. The molecule has 2 unspecified atom stereocenters. The lowest BCUT2D eigenvalue weighted by Crippen LogP contribution is -2.55. The predicted octanol–water partition coefficient (Wildman–Crippen LogP) is 2.74. The van der Waals surface area contributed by atoms with Crippen LogP contribution in [0.3, 0.4) is 0 Å². The first kappa shape index (κ1) is 17.0. The summed E-state index contributed by atoms with van der Waals surface area (Å²) in [6, 6.07) is 7.94. The minimum atomic E-state index is -0.565. The molecule has 1 aliphatic carbocycles. The minimum Gasteiger partial charge on any atom is -0.469 e. The Morgan fingerprint density at radius 1 is 1.36 bits per heavy atom. The van der Waals surface area contributed by atoms with Crippen molar-refractivity contribution in [3.63, 3.8) is 0 Å². The van der Waals surface area contributed by atoms with Crippen molar-refractivity contribution in [2.75, 3.05) is 13.7 Å². The molecule has 1 saturated carbocycles. The third kappa shape index (κ3) is 3.33. The van der Waals surface area contributed by atoms with E-state index in [0.29, 0.717) is 6.54 Å². The standard InChI is InChI=1S/C18H27NO3/c1-4-16(18(10-5-11-18)17(21)22-3)19-12-15(20)14-8-6-13(2)7-9-14/h6-9,15-16,19-20H,4-5,10-12H2,1-3H3. The van der Waals surface area contributed by atoms with Crippen molar-refractivity contribution < 1.29 is 14.6 Å². The third-order valence-corrected chi connectivity index (χ3v) is 4.93. The molecule has 0 amide bonds. The smallest absolute Gasteiger partial charge is 0.313 e. The molecule has 2 rings (SSSR count). The van der Waals surface area contributed by atoms with E-state index in [1.807, 2.05) is 31.2 Å². The number of rotatable bonds is 7. The van der Waals surface area contributed by atoms with Gasteiger partial charge in [0.1, 0.15) is 0 Å². The highest BCUT2D eigenvalue weighted by atomic mass is 16.5. The number of aliphatic hydroxyl groups excluding tert-OH is 1. The van der Waals surface area contributed by atoms with Gasteiger partial charge in [-0.3, -0.25) is 4.79 Å². The van der Waals surface area contributed by atoms with Gasteiger partial charge in [0.2, 0.25) is 0 Å². The molecule has 2 N–H and O–H groups in total. The van der Waals surface area contributed by atoms with Crippen molar-refractivity contribution in [1.29, 1.82) is 0 Å². The molecule has 0 bridgehead atoms. The molecule has 22 heavy (non-hydrogen) atoms. The largest absolute Gasteiger partial charge is 0.469 e. The Morgan fingerprint density at radius 2 is 2.00 bits per heavy atom. The lowest BCUT2D eigenvalue weighted by atomic mass is 9.63. The fourth-order valence-electron chi connectivity index (χ4n) is 3.35. The predicted molar refractivity (Wildman–Crippen MR) is 86.5 cm³/mol. The molecule has 0 radical (unpaired) electrons. The van der Waals surface area contributed by atoms with Crippen molar-refractivity contribution in [2.45, 2.75) is 51.7 Å². The van der Waals surface area contributed by atoms with Crippen LogP contribution in [0.25, 0.3) is 0 Å². The van der Waals surface area contributed by atoms with E-state index < -0.39 is 11.5 Å². The van der Waals surface area contributed by atoms with E-state index in [9.17, 15) is 9.90 Å². The zero-order valence-corrected chi connectivity index (χ0v) is 13.8. The summed E-state index contributed by atoms with van der Waals surface area (Å²) in [6.45, 7) is 4.54. The van der Waals surface area contributed by atoms with E-state index in [1.165, 1.54) is 12.7 Å². The van der Waals surface area contributed by atoms with Crippen LogP contribution in [0, 0.1) is 12.3 Å². The molecule has 0 aromatic heterocycles. The highest BCUT2D eigenvalue weighted by molar-refractivity contribution is 5.78. The third-order valence-electron chi connectivity index (χ3n) is 4.93. The Balaban J connectivity index is 1.98. The summed E-state index contributed by atoms with van der Waals surface area (Å²) >= 11 is 0. The Kier molecular flexibility index (Phi) is 5.59. The van der Waals surface area contributed by atoms with Crippen LogP contribution in [0.15, 0.2) is 24.3 Å². The summed E-state index contributed by atoms with van der Waals surface area (Å²) in [4.78, 5) is 12.1. The van der Waals surface area contributed by atoms with Gasteiger partial charge in [-0.15, -0.1) is 0 Å². The average molecular weight is 305 g/mol. The second-order valence-corrected chi connectivity index (χ2v) is 6.30. The van der Waals surface area contributed by atoms with Gasteiger partial charge in [-0.25, -0.2) is 0 Å². The van der Waals surface area contributed by atoms with Crippen LogP contribution in [0.5, 0.6) is 0 Å². The second kappa shape index (κ2) is 7.25. The number of hydrogen-bond donors (Lipinski definition) is 2. The summed E-state index contributed by atoms with van der Waals surface area (Å²) < 4.78 is 5.00. The molecule has 122 valence electrons. The second-order valence-electron chi connectivity index (χ2n) is 6.30. The van der Waals surface area contributed by atoms with Gasteiger partial charge in [-0.05, 0) is 31.7 Å². The van der Waals surface area contributed by atoms with Gasteiger partial charge in [-0.2, -0.15) is 0 Å². The van der Waals surface area contributed by atoms with E-state index in [-0.39, 0.29) is 12.0 Å². The Bertz CT molecular complexity index is 494. The summed E-state index contributed by atoms with van der Waals surface area (Å²) in [5.41, 5.74) is 1.67. The van der Waals surface area contributed by atoms with Gasteiger partial charge in [0.05, 0.1) is 18.6 Å². The zero-order valence-electron chi connectivity index (χ0n) is 13.8. The maximum atomic E-state index is 12.1. The summed E-state index contributed by atoms with van der Waals surface area (Å²) in [5.74, 6) is -0.122. The SMILES string of the molecule is CCC(NCC(O)c1ccc(C)cc1)C1(C(=O)OC)CCC1. The number of aliphatic hydroxyl groups is 1. The van der Waals surface area contributed by atoms with Crippen molar-refractivity contribution in [3.8, 4) is 0 Å². The Morgan fingerprint density at radius 3 is 2.45 bits per heavy atom. The lowest BCUT2D eigenvalue weighted by Gasteiger charge is -2.45. The van der Waals surface area contributed by atoms with Crippen LogP contribution in [0.4, 0.5) is 0 Å². The van der Waals surface area contributed by atoms with Crippen molar-refractivity contribution in [2.24, 2.45) is 5.41 Å². The molecule has 0 spiro atoms. The van der Waals surface area contributed by atoms with Gasteiger partial charge >= 0.3 is 5.97 Å². The van der Waals surface area contributed by atoms with Gasteiger partial charge in [0, 0.05) is 12.6 Å². The van der Waals surface area contributed by atoms with E-state index in [4.69, 9.17) is 4.74 Å². The number of nitrogens with one attached hydrogen (secondary N) is 1. The van der Waals surface area contributed by atoms with Crippen LogP contribution in [0.1, 0.15) is 49.8 Å². The van der Waals surface area contributed by atoms with Gasteiger partial charge in [0.15, 0.2) is 0 Å². The zero-order chi connectivity index (χ0) is 16.2. The maximum Gasteiger partial charge on any atom is 0.313 e. The molecular formula is C18H27NO3. The van der Waals surface area contributed by atoms with E-state index >= 15 is 0 Å². The average Bonchev–Trinajstić information content (AvgIpc) is 2.49. The molecule has 1 aliphatic rings. The molecule has 4 nitrogen and oxygen atoms in total. The fraction of sp³-hybridized carbons (Fsp3) is 0.611. The molecule has 1 aromatic rings. The molecular weight excluding hydrogens is 278 g/mol. The number of ether oxygens (including phenoxy) is 1. The number of methoxy groups -OCH3 is 1. The van der Waals surface area contributed by atoms with Crippen molar-refractivity contribution >= 4 is 5.97 Å². The number of carbonyl (C=O) groups is 1. The molecule has 2 atom stereocenters. The first-order valence-corrected chi connectivity index (χ1v) is 8.10. The van der Waals surface area contributed by atoms with Gasteiger partial charge in [0.25, 0.3) is 0 Å². The lowest BCUT2D eigenvalue weighted by molar-refractivity contribution is -0.161. The summed E-state index contributed by atoms with van der Waals surface area (Å²) in [5, 5.41) is 13.7. The van der Waals surface area contributed by atoms with Crippen LogP contribution in [-0.2, 0) is 9.53 Å². The summed E-state index contributed by atoms with van der Waals surface area (Å²) in [6.07, 6.45) is 3.07. The number of carbonyl (C=O) groups excluding carboxylic acids is 1. The molecule has 1 fully saturated rings. The number of esters is 1. The monoisotopic (exact) mass is 305 g/mol. The highest BCUT2D eigenvalue weighted by Gasteiger charge is 2.50. The number of hydrogen-bond acceptors (Lipinski definition) is 4. The van der Waals surface area contributed by atoms with Crippen molar-refractivity contribution in [1.82, 2.24) is 5.32 Å². The van der Waals surface area contributed by atoms with Crippen LogP contribution in [-0.4, -0.2) is 30.8 Å². The molecule has 0 heterocycles. The topological polar surface area (TPSA) is 58.6 Å². The number of aryl methyl sites for hydroxylation is 1. The molecule has 0 aliphatic heterocycles. The first-order valence-electron chi connectivity index (χ1n) is 8.10. The van der Waals surface area contributed by atoms with Crippen LogP contribution >= 0.6 is 0 Å². The maximum absolute atomic E-state index is 12.1. The highest BCUT2D eigenvalue weighted by Crippen LogP contribution is 2.46. The number of benzene rings is 1. The van der Waals surface area contributed by atoms with Crippen LogP contribution < -0.4 is 5.32 Å². The van der Waals surface area contributed by atoms with E-state index in [1.54, 1.807) is 0 Å². The van der Waals surface area contributed by atoms with Gasteiger partial charge in [-0.1, -0.05) is 43.2 Å². The fourth-order valence-corrected chi connectivity index (χ4v) is 3.35. The molecule has 4 heteroatoms.